The lowest BCUT2D eigenvalue weighted by Crippen LogP contribution is -2.21. The van der Waals surface area contributed by atoms with Crippen LogP contribution in [0.4, 0.5) is 4.39 Å². The Morgan fingerprint density at radius 1 is 1.44 bits per heavy atom. The molecule has 0 saturated heterocycles. The van der Waals surface area contributed by atoms with Gasteiger partial charge in [0.15, 0.2) is 0 Å². The summed E-state index contributed by atoms with van der Waals surface area (Å²) in [6.07, 6.45) is 1.40. The van der Waals surface area contributed by atoms with Gasteiger partial charge in [0, 0.05) is 6.42 Å². The lowest BCUT2D eigenvalue weighted by Gasteiger charge is -2.18. The van der Waals surface area contributed by atoms with Gasteiger partial charge in [-0.15, -0.1) is 0 Å². The number of aliphatic carboxylic acids is 1. The van der Waals surface area contributed by atoms with Crippen molar-refractivity contribution in [3.8, 4) is 0 Å². The van der Waals surface area contributed by atoms with Gasteiger partial charge in [-0.05, 0) is 42.9 Å². The van der Waals surface area contributed by atoms with Crippen LogP contribution in [0.2, 0.25) is 0 Å². The fraction of sp³-hybridized carbons (Fsp3) is 0.500. The molecule has 0 bridgehead atoms. The number of hydrogen-bond acceptors (Lipinski definition) is 2. The monoisotopic (exact) mass is 253 g/mol. The highest BCUT2D eigenvalue weighted by Crippen LogP contribution is 2.20. The Bertz CT molecular complexity index is 395. The molecule has 0 amide bonds. The molecular formula is C14H20FNO2. The minimum Gasteiger partial charge on any atom is -0.481 e. The Kier molecular flexibility index (Phi) is 5.78. The zero-order valence-corrected chi connectivity index (χ0v) is 10.6. The van der Waals surface area contributed by atoms with Crippen molar-refractivity contribution in [2.75, 3.05) is 6.54 Å². The predicted molar refractivity (Wildman–Crippen MR) is 68.7 cm³/mol. The van der Waals surface area contributed by atoms with Crippen LogP contribution in [0.5, 0.6) is 0 Å². The quantitative estimate of drug-likeness (QED) is 0.784. The largest absolute Gasteiger partial charge is 0.481 e. The first kappa shape index (κ1) is 14.6. The maximum Gasteiger partial charge on any atom is 0.303 e. The molecule has 1 rings (SSSR count). The number of halogens is 1. The van der Waals surface area contributed by atoms with Gasteiger partial charge >= 0.3 is 5.97 Å². The third kappa shape index (κ3) is 4.84. The van der Waals surface area contributed by atoms with Crippen LogP contribution in [0, 0.1) is 17.7 Å². The van der Waals surface area contributed by atoms with Crippen molar-refractivity contribution in [1.82, 2.24) is 0 Å². The summed E-state index contributed by atoms with van der Waals surface area (Å²) in [6.45, 7) is 2.35. The molecule has 0 saturated carbocycles. The van der Waals surface area contributed by atoms with Crippen molar-refractivity contribution in [3.63, 3.8) is 0 Å². The molecule has 18 heavy (non-hydrogen) atoms. The fourth-order valence-electron chi connectivity index (χ4n) is 2.20. The second-order valence-corrected chi connectivity index (χ2v) is 4.84. The summed E-state index contributed by atoms with van der Waals surface area (Å²) < 4.78 is 13.5. The molecular weight excluding hydrogens is 233 g/mol. The van der Waals surface area contributed by atoms with Crippen LogP contribution in [-0.2, 0) is 11.2 Å². The number of nitrogens with two attached hydrogens (primary N) is 1. The molecule has 1 aromatic rings. The summed E-state index contributed by atoms with van der Waals surface area (Å²) in [5, 5.41) is 8.75. The van der Waals surface area contributed by atoms with Crippen molar-refractivity contribution in [3.05, 3.63) is 35.6 Å². The molecule has 0 heterocycles. The standard InChI is InChI=1S/C14H20FNO2/c1-10(6-11(9-16)8-14(17)18)7-12-4-2-3-5-13(12)15/h2-5,10-11H,6-9,16H2,1H3,(H,17,18). The van der Waals surface area contributed by atoms with Crippen molar-refractivity contribution >= 4 is 5.97 Å². The maximum atomic E-state index is 13.5. The lowest BCUT2D eigenvalue weighted by molar-refractivity contribution is -0.138. The summed E-state index contributed by atoms with van der Waals surface area (Å²) in [6, 6.07) is 6.68. The average Bonchev–Trinajstić information content (AvgIpc) is 2.30. The molecule has 0 radical (unpaired) electrons. The average molecular weight is 253 g/mol. The van der Waals surface area contributed by atoms with Crippen LogP contribution in [-0.4, -0.2) is 17.6 Å². The van der Waals surface area contributed by atoms with Crippen molar-refractivity contribution in [2.45, 2.75) is 26.2 Å². The minimum absolute atomic E-state index is 0.0377. The van der Waals surface area contributed by atoms with Gasteiger partial charge in [0.2, 0.25) is 0 Å². The van der Waals surface area contributed by atoms with E-state index in [1.165, 1.54) is 6.07 Å². The molecule has 1 aromatic carbocycles. The van der Waals surface area contributed by atoms with Crippen molar-refractivity contribution in [1.29, 1.82) is 0 Å². The van der Waals surface area contributed by atoms with Crippen LogP contribution in [0.15, 0.2) is 24.3 Å². The van der Waals surface area contributed by atoms with E-state index in [1.54, 1.807) is 12.1 Å². The molecule has 2 atom stereocenters. The summed E-state index contributed by atoms with van der Waals surface area (Å²) in [5.74, 6) is -0.852. The van der Waals surface area contributed by atoms with E-state index in [0.717, 1.165) is 0 Å². The Morgan fingerprint density at radius 3 is 2.67 bits per heavy atom. The summed E-state index contributed by atoms with van der Waals surface area (Å²) in [4.78, 5) is 10.6. The van der Waals surface area contributed by atoms with Crippen molar-refractivity contribution < 1.29 is 14.3 Å². The predicted octanol–water partition coefficient (Wildman–Crippen LogP) is 2.44. The van der Waals surface area contributed by atoms with Gasteiger partial charge in [-0.25, -0.2) is 4.39 Å². The molecule has 3 nitrogen and oxygen atoms in total. The molecule has 4 heteroatoms. The van der Waals surface area contributed by atoms with Gasteiger partial charge in [-0.3, -0.25) is 4.79 Å². The number of carboxylic acid groups (broad SMARTS) is 1. The highest BCUT2D eigenvalue weighted by Gasteiger charge is 2.16. The van der Waals surface area contributed by atoms with Crippen LogP contribution in [0.3, 0.4) is 0 Å². The normalized spacial score (nSPS) is 14.2. The third-order valence-electron chi connectivity index (χ3n) is 3.06. The van der Waals surface area contributed by atoms with Crippen LogP contribution < -0.4 is 5.73 Å². The third-order valence-corrected chi connectivity index (χ3v) is 3.06. The minimum atomic E-state index is -0.830. The molecule has 0 spiro atoms. The molecule has 0 aliphatic heterocycles. The first-order valence-corrected chi connectivity index (χ1v) is 6.18. The van der Waals surface area contributed by atoms with Gasteiger partial charge < -0.3 is 10.8 Å². The van der Waals surface area contributed by atoms with E-state index in [9.17, 15) is 9.18 Å². The van der Waals surface area contributed by atoms with E-state index in [0.29, 0.717) is 24.9 Å². The highest BCUT2D eigenvalue weighted by atomic mass is 19.1. The molecule has 100 valence electrons. The number of carbonyl (C=O) groups is 1. The van der Waals surface area contributed by atoms with Gasteiger partial charge in [0.05, 0.1) is 0 Å². The second-order valence-electron chi connectivity index (χ2n) is 4.84. The topological polar surface area (TPSA) is 63.3 Å². The van der Waals surface area contributed by atoms with E-state index in [2.05, 4.69) is 0 Å². The summed E-state index contributed by atoms with van der Waals surface area (Å²) in [7, 11) is 0. The van der Waals surface area contributed by atoms with Crippen LogP contribution in [0.25, 0.3) is 0 Å². The molecule has 3 N–H and O–H groups in total. The van der Waals surface area contributed by atoms with Crippen LogP contribution >= 0.6 is 0 Å². The van der Waals surface area contributed by atoms with E-state index >= 15 is 0 Å². The Labute approximate surface area is 107 Å². The van der Waals surface area contributed by atoms with E-state index in [1.807, 2.05) is 13.0 Å². The number of benzene rings is 1. The molecule has 0 aliphatic rings. The SMILES string of the molecule is CC(Cc1ccccc1F)CC(CN)CC(=O)O. The molecule has 0 fully saturated rings. The Morgan fingerprint density at radius 2 is 2.11 bits per heavy atom. The smallest absolute Gasteiger partial charge is 0.303 e. The number of hydrogen-bond donors (Lipinski definition) is 2. The Balaban J connectivity index is 2.52. The van der Waals surface area contributed by atoms with Gasteiger partial charge in [0.1, 0.15) is 5.82 Å². The number of rotatable bonds is 7. The summed E-state index contributed by atoms with van der Waals surface area (Å²) in [5.41, 5.74) is 6.23. The zero-order chi connectivity index (χ0) is 13.5. The molecule has 2 unspecified atom stereocenters. The fourth-order valence-corrected chi connectivity index (χ4v) is 2.20. The lowest BCUT2D eigenvalue weighted by atomic mass is 9.89. The molecule has 0 aliphatic carbocycles. The van der Waals surface area contributed by atoms with Crippen molar-refractivity contribution in [2.24, 2.45) is 17.6 Å². The van der Waals surface area contributed by atoms with Gasteiger partial charge in [-0.1, -0.05) is 25.1 Å². The zero-order valence-electron chi connectivity index (χ0n) is 10.6. The second kappa shape index (κ2) is 7.11. The summed E-state index contributed by atoms with van der Waals surface area (Å²) >= 11 is 0. The first-order valence-electron chi connectivity index (χ1n) is 6.18. The van der Waals surface area contributed by atoms with E-state index in [4.69, 9.17) is 10.8 Å². The van der Waals surface area contributed by atoms with Gasteiger partial charge in [0.25, 0.3) is 0 Å². The molecule has 0 aromatic heterocycles. The maximum absolute atomic E-state index is 13.5. The van der Waals surface area contributed by atoms with Crippen LogP contribution in [0.1, 0.15) is 25.3 Å². The van der Waals surface area contributed by atoms with Gasteiger partial charge in [-0.2, -0.15) is 0 Å². The highest BCUT2D eigenvalue weighted by molar-refractivity contribution is 5.67. The van der Waals surface area contributed by atoms with E-state index < -0.39 is 5.97 Å². The first-order chi connectivity index (χ1) is 8.52. The Hall–Kier alpha value is -1.42. The van der Waals surface area contributed by atoms with E-state index in [-0.39, 0.29) is 24.1 Å². The number of carboxylic acids is 1.